The molecule has 0 fully saturated rings. The zero-order chi connectivity index (χ0) is 22.8. The number of nitrogens with zero attached hydrogens (tertiary/aromatic N) is 2. The zero-order valence-electron chi connectivity index (χ0n) is 17.3. The van der Waals surface area contributed by atoms with Crippen LogP contribution in [0.3, 0.4) is 0 Å². The number of hydrazone groups is 2. The van der Waals surface area contributed by atoms with Crippen molar-refractivity contribution in [2.75, 3.05) is 14.2 Å². The third-order valence-corrected chi connectivity index (χ3v) is 4.23. The van der Waals surface area contributed by atoms with Gasteiger partial charge in [-0.3, -0.25) is 9.59 Å². The number of amides is 2. The second-order valence-corrected chi connectivity index (χ2v) is 6.29. The number of aromatic hydroxyl groups is 2. The van der Waals surface area contributed by atoms with Crippen molar-refractivity contribution in [3.05, 3.63) is 47.5 Å². The summed E-state index contributed by atoms with van der Waals surface area (Å²) in [4.78, 5) is 24.6. The van der Waals surface area contributed by atoms with Crippen molar-refractivity contribution in [1.82, 2.24) is 10.9 Å². The lowest BCUT2D eigenvalue weighted by Gasteiger charge is -2.11. The summed E-state index contributed by atoms with van der Waals surface area (Å²) in [6.07, 6.45) is 2.96. The van der Waals surface area contributed by atoms with Gasteiger partial charge in [0.05, 0.1) is 26.6 Å². The van der Waals surface area contributed by atoms with E-state index in [0.29, 0.717) is 11.1 Å². The highest BCUT2D eigenvalue weighted by Gasteiger charge is 2.24. The molecular formula is C21H24N4O6. The smallest absolute Gasteiger partial charge is 0.252 e. The molecule has 0 radical (unpaired) electrons. The Morgan fingerprint density at radius 3 is 1.68 bits per heavy atom. The van der Waals surface area contributed by atoms with Crippen LogP contribution in [0.15, 0.2) is 46.6 Å². The first-order valence-electron chi connectivity index (χ1n) is 9.29. The van der Waals surface area contributed by atoms with Gasteiger partial charge in [-0.25, -0.2) is 10.9 Å². The Kier molecular flexibility index (Phi) is 8.38. The van der Waals surface area contributed by atoms with Gasteiger partial charge in [-0.2, -0.15) is 10.2 Å². The third-order valence-electron chi connectivity index (χ3n) is 4.23. The largest absolute Gasteiger partial charge is 0.504 e. The molecule has 0 bridgehead atoms. The number of phenols is 2. The zero-order valence-corrected chi connectivity index (χ0v) is 17.3. The Hall–Kier alpha value is -4.08. The number of ether oxygens (including phenoxy) is 2. The first kappa shape index (κ1) is 23.2. The Morgan fingerprint density at radius 2 is 1.32 bits per heavy atom. The van der Waals surface area contributed by atoms with E-state index < -0.39 is 17.7 Å². The van der Waals surface area contributed by atoms with Gasteiger partial charge in [0.2, 0.25) is 0 Å². The topological polar surface area (TPSA) is 142 Å². The fourth-order valence-electron chi connectivity index (χ4n) is 2.54. The Morgan fingerprint density at radius 1 is 0.903 bits per heavy atom. The number of rotatable bonds is 9. The summed E-state index contributed by atoms with van der Waals surface area (Å²) in [5.74, 6) is -1.68. The van der Waals surface area contributed by atoms with Gasteiger partial charge in [-0.1, -0.05) is 6.92 Å². The Bertz CT molecular complexity index is 912. The Labute approximate surface area is 179 Å². The van der Waals surface area contributed by atoms with Crippen LogP contribution in [0.25, 0.3) is 0 Å². The van der Waals surface area contributed by atoms with Gasteiger partial charge in [0.1, 0.15) is 5.92 Å². The van der Waals surface area contributed by atoms with E-state index in [1.54, 1.807) is 31.2 Å². The molecule has 0 aliphatic rings. The number of nitrogens with one attached hydrogen (secondary N) is 2. The lowest BCUT2D eigenvalue weighted by atomic mass is 10.1. The molecule has 164 valence electrons. The summed E-state index contributed by atoms with van der Waals surface area (Å²) in [6.45, 7) is 1.69. The lowest BCUT2D eigenvalue weighted by molar-refractivity contribution is -0.135. The second-order valence-electron chi connectivity index (χ2n) is 6.29. The van der Waals surface area contributed by atoms with Crippen molar-refractivity contribution in [1.29, 1.82) is 0 Å². The fourth-order valence-corrected chi connectivity index (χ4v) is 2.54. The minimum atomic E-state index is -1.00. The van der Waals surface area contributed by atoms with Crippen LogP contribution in [0.5, 0.6) is 23.0 Å². The third kappa shape index (κ3) is 6.46. The normalized spacial score (nSPS) is 11.1. The van der Waals surface area contributed by atoms with Gasteiger partial charge in [0, 0.05) is 0 Å². The highest BCUT2D eigenvalue weighted by Crippen LogP contribution is 2.26. The summed E-state index contributed by atoms with van der Waals surface area (Å²) in [5, 5.41) is 26.8. The van der Waals surface area contributed by atoms with Gasteiger partial charge in [0.15, 0.2) is 23.0 Å². The van der Waals surface area contributed by atoms with Crippen LogP contribution in [-0.2, 0) is 9.59 Å². The molecule has 0 heterocycles. The van der Waals surface area contributed by atoms with Crippen LogP contribution < -0.4 is 20.3 Å². The van der Waals surface area contributed by atoms with E-state index in [9.17, 15) is 19.8 Å². The maximum Gasteiger partial charge on any atom is 0.252 e. The van der Waals surface area contributed by atoms with Gasteiger partial charge < -0.3 is 19.7 Å². The molecule has 0 saturated heterocycles. The van der Waals surface area contributed by atoms with Gasteiger partial charge >= 0.3 is 0 Å². The van der Waals surface area contributed by atoms with Crippen molar-refractivity contribution >= 4 is 24.2 Å². The molecule has 2 amide bonds. The maximum atomic E-state index is 12.3. The minimum Gasteiger partial charge on any atom is -0.504 e. The van der Waals surface area contributed by atoms with Crippen LogP contribution in [0.2, 0.25) is 0 Å². The van der Waals surface area contributed by atoms with Gasteiger partial charge in [-0.15, -0.1) is 0 Å². The van der Waals surface area contributed by atoms with E-state index in [1.807, 2.05) is 0 Å². The van der Waals surface area contributed by atoms with Crippen molar-refractivity contribution in [2.45, 2.75) is 13.3 Å². The van der Waals surface area contributed by atoms with Crippen LogP contribution in [0, 0.1) is 5.92 Å². The molecule has 0 aliphatic heterocycles. The highest BCUT2D eigenvalue weighted by molar-refractivity contribution is 6.00. The van der Waals surface area contributed by atoms with Crippen LogP contribution in [0.4, 0.5) is 0 Å². The molecule has 0 spiro atoms. The van der Waals surface area contributed by atoms with E-state index >= 15 is 0 Å². The molecule has 31 heavy (non-hydrogen) atoms. The van der Waals surface area contributed by atoms with Gasteiger partial charge in [0.25, 0.3) is 11.8 Å². The van der Waals surface area contributed by atoms with Crippen molar-refractivity contribution < 1.29 is 29.3 Å². The lowest BCUT2D eigenvalue weighted by Crippen LogP contribution is -2.37. The molecule has 4 N–H and O–H groups in total. The van der Waals surface area contributed by atoms with Gasteiger partial charge in [-0.05, 0) is 53.9 Å². The minimum absolute atomic E-state index is 0.0160. The van der Waals surface area contributed by atoms with E-state index in [-0.39, 0.29) is 29.4 Å². The Balaban J connectivity index is 1.94. The van der Waals surface area contributed by atoms with Crippen molar-refractivity contribution in [3.63, 3.8) is 0 Å². The summed E-state index contributed by atoms with van der Waals surface area (Å²) in [5.41, 5.74) is 5.80. The molecule has 0 saturated carbocycles. The number of methoxy groups -OCH3 is 2. The standard InChI is InChI=1S/C21H24N4O6/c1-4-15(20(28)24-22-11-13-5-7-16(26)18(9-13)30-2)21(29)25-23-12-14-6-8-17(27)19(10-14)31-3/h5-12,15,26-27H,4H2,1-3H3,(H,24,28)(H,25,29)/b22-11+,23-12+. The molecule has 0 unspecified atom stereocenters. The van der Waals surface area contributed by atoms with E-state index in [2.05, 4.69) is 21.1 Å². The van der Waals surface area contributed by atoms with Crippen LogP contribution in [0.1, 0.15) is 24.5 Å². The highest BCUT2D eigenvalue weighted by atomic mass is 16.5. The predicted octanol–water partition coefficient (Wildman–Crippen LogP) is 1.74. The molecule has 0 aliphatic carbocycles. The van der Waals surface area contributed by atoms with E-state index in [1.165, 1.54) is 38.8 Å². The molecule has 2 rings (SSSR count). The fraction of sp³-hybridized carbons (Fsp3) is 0.238. The van der Waals surface area contributed by atoms with Crippen molar-refractivity contribution in [3.8, 4) is 23.0 Å². The number of carbonyl (C=O) groups is 2. The predicted molar refractivity (Wildman–Crippen MR) is 115 cm³/mol. The SMILES string of the molecule is CCC(C(=O)N/N=C/c1ccc(O)c(OC)c1)C(=O)N/N=C/c1ccc(O)c(OC)c1. The summed E-state index contributed by atoms with van der Waals surface area (Å²) in [7, 11) is 2.84. The molecule has 2 aromatic carbocycles. The first-order valence-corrected chi connectivity index (χ1v) is 9.29. The number of hydrogen-bond donors (Lipinski definition) is 4. The molecule has 0 aromatic heterocycles. The number of hydrogen-bond acceptors (Lipinski definition) is 8. The monoisotopic (exact) mass is 428 g/mol. The van der Waals surface area contributed by atoms with E-state index in [0.717, 1.165) is 0 Å². The number of carbonyl (C=O) groups excluding carboxylic acids is 2. The average Bonchev–Trinajstić information content (AvgIpc) is 2.76. The van der Waals surface area contributed by atoms with Crippen LogP contribution >= 0.6 is 0 Å². The first-order chi connectivity index (χ1) is 14.9. The average molecular weight is 428 g/mol. The maximum absolute atomic E-state index is 12.3. The van der Waals surface area contributed by atoms with Crippen molar-refractivity contribution in [2.24, 2.45) is 16.1 Å². The van der Waals surface area contributed by atoms with Crippen LogP contribution in [-0.4, -0.2) is 48.7 Å². The molecule has 2 aromatic rings. The molecule has 10 nitrogen and oxygen atoms in total. The summed E-state index contributed by atoms with van der Waals surface area (Å²) < 4.78 is 10.0. The summed E-state index contributed by atoms with van der Waals surface area (Å²) in [6, 6.07) is 9.14. The number of benzene rings is 2. The summed E-state index contributed by atoms with van der Waals surface area (Å²) >= 11 is 0. The molecular weight excluding hydrogens is 404 g/mol. The molecule has 10 heteroatoms. The van der Waals surface area contributed by atoms with E-state index in [4.69, 9.17) is 9.47 Å². The second kappa shape index (κ2) is 11.2. The number of phenolic OH excluding ortho intramolecular Hbond substituents is 2. The quantitative estimate of drug-likeness (QED) is 0.272. The molecule has 0 atom stereocenters.